The lowest BCUT2D eigenvalue weighted by atomic mass is 10.1. The first-order chi connectivity index (χ1) is 9.58. The average molecular weight is 383 g/mol. The third kappa shape index (κ3) is 3.86. The van der Waals surface area contributed by atoms with Crippen molar-refractivity contribution in [1.29, 1.82) is 0 Å². The van der Waals surface area contributed by atoms with Crippen molar-refractivity contribution < 1.29 is 14.6 Å². The SMILES string of the molecule is COc1cc(CC(=O)Nc2ccc(I)cc2)ccc1O. The molecule has 2 aromatic carbocycles. The molecule has 2 N–H and O–H groups in total. The van der Waals surface area contributed by atoms with Crippen LogP contribution in [0, 0.1) is 3.57 Å². The Kier molecular flexibility index (Phi) is 4.84. The van der Waals surface area contributed by atoms with Gasteiger partial charge >= 0.3 is 0 Å². The zero-order valence-corrected chi connectivity index (χ0v) is 13.0. The molecule has 0 heterocycles. The second-order valence-electron chi connectivity index (χ2n) is 4.24. The number of hydrogen-bond donors (Lipinski definition) is 2. The first kappa shape index (κ1) is 14.6. The molecule has 2 aromatic rings. The van der Waals surface area contributed by atoms with E-state index in [0.29, 0.717) is 5.75 Å². The number of carbonyl (C=O) groups is 1. The van der Waals surface area contributed by atoms with Crippen molar-refractivity contribution in [2.75, 3.05) is 12.4 Å². The summed E-state index contributed by atoms with van der Waals surface area (Å²) in [6.07, 6.45) is 0.225. The van der Waals surface area contributed by atoms with Gasteiger partial charge in [-0.1, -0.05) is 6.07 Å². The number of ether oxygens (including phenoxy) is 1. The van der Waals surface area contributed by atoms with Gasteiger partial charge in [-0.3, -0.25) is 4.79 Å². The molecule has 1 amide bonds. The summed E-state index contributed by atoms with van der Waals surface area (Å²) in [6, 6.07) is 12.5. The Morgan fingerprint density at radius 1 is 1.25 bits per heavy atom. The Labute approximate surface area is 130 Å². The molecule has 4 nitrogen and oxygen atoms in total. The Hall–Kier alpha value is -1.76. The highest BCUT2D eigenvalue weighted by molar-refractivity contribution is 14.1. The zero-order chi connectivity index (χ0) is 14.5. The number of rotatable bonds is 4. The molecule has 0 bridgehead atoms. The van der Waals surface area contributed by atoms with Gasteiger partial charge < -0.3 is 15.2 Å². The van der Waals surface area contributed by atoms with Gasteiger partial charge in [-0.05, 0) is 64.6 Å². The molecule has 0 saturated heterocycles. The van der Waals surface area contributed by atoms with Crippen LogP contribution in [-0.4, -0.2) is 18.1 Å². The van der Waals surface area contributed by atoms with Gasteiger partial charge in [0.15, 0.2) is 11.5 Å². The van der Waals surface area contributed by atoms with Crippen LogP contribution in [0.2, 0.25) is 0 Å². The molecule has 0 aliphatic heterocycles. The summed E-state index contributed by atoms with van der Waals surface area (Å²) >= 11 is 2.21. The van der Waals surface area contributed by atoms with Gasteiger partial charge in [-0.2, -0.15) is 0 Å². The monoisotopic (exact) mass is 383 g/mol. The third-order valence-corrected chi connectivity index (χ3v) is 3.46. The number of methoxy groups -OCH3 is 1. The lowest BCUT2D eigenvalue weighted by molar-refractivity contribution is -0.115. The maximum Gasteiger partial charge on any atom is 0.228 e. The first-order valence-electron chi connectivity index (χ1n) is 6.00. The van der Waals surface area contributed by atoms with E-state index in [9.17, 15) is 9.90 Å². The van der Waals surface area contributed by atoms with E-state index in [2.05, 4.69) is 27.9 Å². The van der Waals surface area contributed by atoms with Crippen molar-refractivity contribution >= 4 is 34.2 Å². The molecule has 0 radical (unpaired) electrons. The standard InChI is InChI=1S/C15H14INO3/c1-20-14-8-10(2-7-13(14)18)9-15(19)17-12-5-3-11(16)4-6-12/h2-8,18H,9H2,1H3,(H,17,19). The van der Waals surface area contributed by atoms with Crippen molar-refractivity contribution in [1.82, 2.24) is 0 Å². The van der Waals surface area contributed by atoms with Crippen LogP contribution in [0.15, 0.2) is 42.5 Å². The fourth-order valence-electron chi connectivity index (χ4n) is 1.76. The fourth-order valence-corrected chi connectivity index (χ4v) is 2.12. The number of hydrogen-bond acceptors (Lipinski definition) is 3. The molecule has 2 rings (SSSR count). The van der Waals surface area contributed by atoms with Crippen LogP contribution in [0.3, 0.4) is 0 Å². The Morgan fingerprint density at radius 3 is 2.60 bits per heavy atom. The van der Waals surface area contributed by atoms with E-state index >= 15 is 0 Å². The predicted octanol–water partition coefficient (Wildman–Crippen LogP) is 3.19. The lowest BCUT2D eigenvalue weighted by Gasteiger charge is -2.08. The van der Waals surface area contributed by atoms with E-state index in [4.69, 9.17) is 4.74 Å². The Bertz CT molecular complexity index is 611. The average Bonchev–Trinajstić information content (AvgIpc) is 2.43. The van der Waals surface area contributed by atoms with E-state index < -0.39 is 0 Å². The van der Waals surface area contributed by atoms with Crippen LogP contribution in [-0.2, 0) is 11.2 Å². The maximum absolute atomic E-state index is 11.9. The first-order valence-corrected chi connectivity index (χ1v) is 7.07. The molecule has 0 spiro atoms. The number of aromatic hydroxyl groups is 1. The Morgan fingerprint density at radius 2 is 1.95 bits per heavy atom. The maximum atomic E-state index is 11.9. The third-order valence-electron chi connectivity index (χ3n) is 2.74. The van der Waals surface area contributed by atoms with Gasteiger partial charge in [0, 0.05) is 9.26 Å². The molecular formula is C15H14INO3. The number of nitrogens with one attached hydrogen (secondary N) is 1. The summed E-state index contributed by atoms with van der Waals surface area (Å²) in [7, 11) is 1.48. The second-order valence-corrected chi connectivity index (χ2v) is 5.48. The van der Waals surface area contributed by atoms with Crippen molar-refractivity contribution in [2.24, 2.45) is 0 Å². The van der Waals surface area contributed by atoms with Gasteiger partial charge in [0.1, 0.15) is 0 Å². The van der Waals surface area contributed by atoms with Gasteiger partial charge in [-0.15, -0.1) is 0 Å². The van der Waals surface area contributed by atoms with Gasteiger partial charge in [0.25, 0.3) is 0 Å². The lowest BCUT2D eigenvalue weighted by Crippen LogP contribution is -2.14. The van der Waals surface area contributed by atoms with E-state index in [1.54, 1.807) is 12.1 Å². The van der Waals surface area contributed by atoms with Crippen molar-refractivity contribution in [3.8, 4) is 11.5 Å². The number of halogens is 1. The summed E-state index contributed by atoms with van der Waals surface area (Å²) in [5.41, 5.74) is 1.55. The van der Waals surface area contributed by atoms with Crippen LogP contribution in [0.4, 0.5) is 5.69 Å². The zero-order valence-electron chi connectivity index (χ0n) is 10.9. The normalized spacial score (nSPS) is 10.1. The summed E-state index contributed by atoms with van der Waals surface area (Å²) in [5.74, 6) is 0.317. The van der Waals surface area contributed by atoms with E-state index in [1.165, 1.54) is 13.2 Å². The Balaban J connectivity index is 2.02. The minimum atomic E-state index is -0.112. The quantitative estimate of drug-likeness (QED) is 0.798. The highest BCUT2D eigenvalue weighted by Gasteiger charge is 2.07. The second kappa shape index (κ2) is 6.60. The van der Waals surface area contributed by atoms with E-state index in [0.717, 1.165) is 14.8 Å². The molecule has 0 aromatic heterocycles. The van der Waals surface area contributed by atoms with Crippen LogP contribution in [0.25, 0.3) is 0 Å². The number of phenolic OH excluding ortho intramolecular Hbond substituents is 1. The van der Waals surface area contributed by atoms with Crippen molar-refractivity contribution in [3.63, 3.8) is 0 Å². The molecule has 0 aliphatic rings. The molecule has 0 fully saturated rings. The highest BCUT2D eigenvalue weighted by atomic mass is 127. The van der Waals surface area contributed by atoms with E-state index in [-0.39, 0.29) is 18.1 Å². The van der Waals surface area contributed by atoms with E-state index in [1.807, 2.05) is 24.3 Å². The molecule has 0 atom stereocenters. The molecule has 104 valence electrons. The van der Waals surface area contributed by atoms with Crippen LogP contribution in [0.5, 0.6) is 11.5 Å². The minimum Gasteiger partial charge on any atom is -0.504 e. The van der Waals surface area contributed by atoms with Gasteiger partial charge in [-0.25, -0.2) is 0 Å². The number of anilines is 1. The summed E-state index contributed by atoms with van der Waals surface area (Å²) < 4.78 is 6.13. The van der Waals surface area contributed by atoms with Crippen LogP contribution < -0.4 is 10.1 Å². The molecular weight excluding hydrogens is 369 g/mol. The van der Waals surface area contributed by atoms with Crippen LogP contribution >= 0.6 is 22.6 Å². The molecule has 5 heteroatoms. The predicted molar refractivity (Wildman–Crippen MR) is 86.2 cm³/mol. The number of amides is 1. The highest BCUT2D eigenvalue weighted by Crippen LogP contribution is 2.26. The summed E-state index contributed by atoms with van der Waals surface area (Å²) in [4.78, 5) is 11.9. The molecule has 0 saturated carbocycles. The molecule has 0 unspecified atom stereocenters. The van der Waals surface area contributed by atoms with Crippen LogP contribution in [0.1, 0.15) is 5.56 Å². The summed E-state index contributed by atoms with van der Waals surface area (Å²) in [5, 5.41) is 12.3. The smallest absolute Gasteiger partial charge is 0.228 e. The number of carbonyl (C=O) groups excluding carboxylic acids is 1. The molecule has 0 aliphatic carbocycles. The number of benzene rings is 2. The summed E-state index contributed by atoms with van der Waals surface area (Å²) in [6.45, 7) is 0. The largest absolute Gasteiger partial charge is 0.504 e. The molecule has 20 heavy (non-hydrogen) atoms. The van der Waals surface area contributed by atoms with Crippen molar-refractivity contribution in [2.45, 2.75) is 6.42 Å². The van der Waals surface area contributed by atoms with Gasteiger partial charge in [0.2, 0.25) is 5.91 Å². The minimum absolute atomic E-state index is 0.0642. The fraction of sp³-hybridized carbons (Fsp3) is 0.133. The van der Waals surface area contributed by atoms with Gasteiger partial charge in [0.05, 0.1) is 13.5 Å². The van der Waals surface area contributed by atoms with Crippen molar-refractivity contribution in [3.05, 3.63) is 51.6 Å². The number of phenols is 1. The topological polar surface area (TPSA) is 58.6 Å².